The van der Waals surface area contributed by atoms with Crippen LogP contribution < -0.4 is 5.32 Å². The van der Waals surface area contributed by atoms with Gasteiger partial charge in [-0.25, -0.2) is 0 Å². The predicted molar refractivity (Wildman–Crippen MR) is 61.2 cm³/mol. The molecule has 2 heteroatoms. The Kier molecular flexibility index (Phi) is 9.71. The van der Waals surface area contributed by atoms with Crippen molar-refractivity contribution in [2.75, 3.05) is 6.54 Å². The monoisotopic (exact) mass is 197 g/mol. The van der Waals surface area contributed by atoms with Gasteiger partial charge in [-0.15, -0.1) is 0 Å². The number of unbranched alkanes of at least 4 members (excludes halogenated alkanes) is 4. The van der Waals surface area contributed by atoms with Crippen molar-refractivity contribution in [3.8, 4) is 0 Å². The number of allylic oxidation sites excluding steroid dienone is 1. The largest absolute Gasteiger partial charge is 0.356 e. The normalized spacial score (nSPS) is 10.7. The van der Waals surface area contributed by atoms with Crippen LogP contribution in [-0.4, -0.2) is 12.5 Å². The number of hydrogen-bond acceptors (Lipinski definition) is 1. The summed E-state index contributed by atoms with van der Waals surface area (Å²) < 4.78 is 0. The summed E-state index contributed by atoms with van der Waals surface area (Å²) in [7, 11) is 0. The van der Waals surface area contributed by atoms with Crippen LogP contribution in [0.1, 0.15) is 52.4 Å². The molecule has 0 spiro atoms. The van der Waals surface area contributed by atoms with E-state index in [1.807, 2.05) is 0 Å². The summed E-state index contributed by atoms with van der Waals surface area (Å²) in [5, 5.41) is 2.77. The van der Waals surface area contributed by atoms with Crippen LogP contribution in [0.4, 0.5) is 0 Å². The first-order chi connectivity index (χ1) is 6.77. The van der Waals surface area contributed by atoms with E-state index in [2.05, 4.69) is 24.4 Å². The molecule has 0 aromatic heterocycles. The number of amides is 1. The molecule has 0 aliphatic carbocycles. The van der Waals surface area contributed by atoms with E-state index < -0.39 is 0 Å². The Morgan fingerprint density at radius 1 is 1.14 bits per heavy atom. The Balaban J connectivity index is 3.07. The molecule has 82 valence electrons. The summed E-state index contributed by atoms with van der Waals surface area (Å²) in [6.45, 7) is 4.54. The quantitative estimate of drug-likeness (QED) is 0.470. The van der Waals surface area contributed by atoms with Crippen molar-refractivity contribution in [1.29, 1.82) is 0 Å². The van der Waals surface area contributed by atoms with E-state index in [1.54, 1.807) is 6.92 Å². The van der Waals surface area contributed by atoms with E-state index in [0.29, 0.717) is 0 Å². The fraction of sp³-hybridized carbons (Fsp3) is 0.750. The van der Waals surface area contributed by atoms with Crippen LogP contribution >= 0.6 is 0 Å². The lowest BCUT2D eigenvalue weighted by Crippen LogP contribution is -2.20. The van der Waals surface area contributed by atoms with Gasteiger partial charge in [0, 0.05) is 13.5 Å². The van der Waals surface area contributed by atoms with Gasteiger partial charge in [0.15, 0.2) is 0 Å². The minimum Gasteiger partial charge on any atom is -0.356 e. The average molecular weight is 197 g/mol. The predicted octanol–water partition coefficient (Wildman–Crippen LogP) is 3.04. The molecule has 0 radical (unpaired) electrons. The molecule has 0 saturated carbocycles. The molecule has 0 saturated heterocycles. The van der Waals surface area contributed by atoms with Crippen molar-refractivity contribution in [1.82, 2.24) is 5.32 Å². The van der Waals surface area contributed by atoms with Gasteiger partial charge in [-0.1, -0.05) is 38.3 Å². The molecule has 14 heavy (non-hydrogen) atoms. The molecule has 0 atom stereocenters. The molecular formula is C12H23NO. The lowest BCUT2D eigenvalue weighted by molar-refractivity contribution is -0.118. The van der Waals surface area contributed by atoms with Gasteiger partial charge in [-0.05, 0) is 19.3 Å². The summed E-state index contributed by atoms with van der Waals surface area (Å²) in [5.74, 6) is 0.0568. The first kappa shape index (κ1) is 13.2. The van der Waals surface area contributed by atoms with Gasteiger partial charge in [0.25, 0.3) is 0 Å². The van der Waals surface area contributed by atoms with Crippen LogP contribution in [0.25, 0.3) is 0 Å². The summed E-state index contributed by atoms with van der Waals surface area (Å²) in [4.78, 5) is 10.5. The van der Waals surface area contributed by atoms with Crippen molar-refractivity contribution in [3.63, 3.8) is 0 Å². The fourth-order valence-corrected chi connectivity index (χ4v) is 1.26. The number of rotatable bonds is 8. The Bertz CT molecular complexity index is 164. The van der Waals surface area contributed by atoms with Gasteiger partial charge in [0.05, 0.1) is 0 Å². The Labute approximate surface area is 87.8 Å². The van der Waals surface area contributed by atoms with Crippen molar-refractivity contribution >= 4 is 5.91 Å². The lowest BCUT2D eigenvalue weighted by Gasteiger charge is -1.97. The highest BCUT2D eigenvalue weighted by molar-refractivity contribution is 5.72. The SMILES string of the molecule is CCCCCCC=CCCNC(C)=O. The second-order valence-corrected chi connectivity index (χ2v) is 3.59. The summed E-state index contributed by atoms with van der Waals surface area (Å²) in [6.07, 6.45) is 11.8. The molecule has 0 aromatic rings. The highest BCUT2D eigenvalue weighted by Crippen LogP contribution is 2.02. The van der Waals surface area contributed by atoms with Gasteiger partial charge in [-0.2, -0.15) is 0 Å². The topological polar surface area (TPSA) is 29.1 Å². The van der Waals surface area contributed by atoms with Crippen molar-refractivity contribution in [2.45, 2.75) is 52.4 Å². The smallest absolute Gasteiger partial charge is 0.216 e. The molecule has 0 heterocycles. The standard InChI is InChI=1S/C12H23NO/c1-3-4-5-6-7-8-9-10-11-13-12(2)14/h8-9H,3-7,10-11H2,1-2H3,(H,13,14). The number of hydrogen-bond donors (Lipinski definition) is 1. The van der Waals surface area contributed by atoms with E-state index in [9.17, 15) is 4.79 Å². The summed E-state index contributed by atoms with van der Waals surface area (Å²) >= 11 is 0. The molecule has 0 bridgehead atoms. The second-order valence-electron chi connectivity index (χ2n) is 3.59. The minimum atomic E-state index is 0.0568. The maximum absolute atomic E-state index is 10.5. The highest BCUT2D eigenvalue weighted by atomic mass is 16.1. The minimum absolute atomic E-state index is 0.0568. The van der Waals surface area contributed by atoms with Crippen LogP contribution in [0, 0.1) is 0 Å². The van der Waals surface area contributed by atoms with Crippen LogP contribution in [0.15, 0.2) is 12.2 Å². The molecule has 0 rings (SSSR count). The maximum atomic E-state index is 10.5. The van der Waals surface area contributed by atoms with Crippen molar-refractivity contribution in [2.24, 2.45) is 0 Å². The summed E-state index contributed by atoms with van der Waals surface area (Å²) in [5.41, 5.74) is 0. The third kappa shape index (κ3) is 11.2. The van der Waals surface area contributed by atoms with Crippen molar-refractivity contribution < 1.29 is 4.79 Å². The zero-order valence-corrected chi connectivity index (χ0v) is 9.51. The lowest BCUT2D eigenvalue weighted by atomic mass is 10.1. The van der Waals surface area contributed by atoms with Gasteiger partial charge in [0.1, 0.15) is 0 Å². The van der Waals surface area contributed by atoms with E-state index in [-0.39, 0.29) is 5.91 Å². The zero-order chi connectivity index (χ0) is 10.6. The molecule has 0 aliphatic rings. The third-order valence-electron chi connectivity index (χ3n) is 2.08. The molecular weight excluding hydrogens is 174 g/mol. The first-order valence-corrected chi connectivity index (χ1v) is 5.66. The van der Waals surface area contributed by atoms with Gasteiger partial charge in [0.2, 0.25) is 5.91 Å². The van der Waals surface area contributed by atoms with Gasteiger partial charge in [-0.3, -0.25) is 4.79 Å². The van der Waals surface area contributed by atoms with E-state index in [0.717, 1.165) is 13.0 Å². The molecule has 0 aromatic carbocycles. The Morgan fingerprint density at radius 2 is 1.86 bits per heavy atom. The van der Waals surface area contributed by atoms with Crippen LogP contribution in [0.3, 0.4) is 0 Å². The van der Waals surface area contributed by atoms with Crippen LogP contribution in [0.2, 0.25) is 0 Å². The van der Waals surface area contributed by atoms with Crippen molar-refractivity contribution in [3.05, 3.63) is 12.2 Å². The number of nitrogens with one attached hydrogen (secondary N) is 1. The maximum Gasteiger partial charge on any atom is 0.216 e. The number of carbonyl (C=O) groups is 1. The fourth-order valence-electron chi connectivity index (χ4n) is 1.26. The molecule has 0 unspecified atom stereocenters. The Hall–Kier alpha value is -0.790. The van der Waals surface area contributed by atoms with Gasteiger partial charge >= 0.3 is 0 Å². The average Bonchev–Trinajstić information content (AvgIpc) is 2.15. The van der Waals surface area contributed by atoms with E-state index in [4.69, 9.17) is 0 Å². The summed E-state index contributed by atoms with van der Waals surface area (Å²) in [6, 6.07) is 0. The second kappa shape index (κ2) is 10.3. The molecule has 0 aliphatic heterocycles. The first-order valence-electron chi connectivity index (χ1n) is 5.66. The van der Waals surface area contributed by atoms with Crippen LogP contribution in [0.5, 0.6) is 0 Å². The van der Waals surface area contributed by atoms with Crippen LogP contribution in [-0.2, 0) is 4.79 Å². The van der Waals surface area contributed by atoms with Gasteiger partial charge < -0.3 is 5.32 Å². The Morgan fingerprint density at radius 3 is 2.50 bits per heavy atom. The third-order valence-corrected chi connectivity index (χ3v) is 2.08. The highest BCUT2D eigenvalue weighted by Gasteiger charge is 1.87. The van der Waals surface area contributed by atoms with E-state index in [1.165, 1.54) is 32.1 Å². The number of carbonyl (C=O) groups excluding carboxylic acids is 1. The molecule has 1 N–H and O–H groups in total. The molecule has 2 nitrogen and oxygen atoms in total. The molecule has 1 amide bonds. The van der Waals surface area contributed by atoms with E-state index >= 15 is 0 Å². The molecule has 0 fully saturated rings. The zero-order valence-electron chi connectivity index (χ0n) is 9.51.